The summed E-state index contributed by atoms with van der Waals surface area (Å²) in [5.74, 6) is -0.189. The average Bonchev–Trinajstić information content (AvgIpc) is 2.63. The third kappa shape index (κ3) is 4.97. The van der Waals surface area contributed by atoms with Gasteiger partial charge in [-0.3, -0.25) is 4.79 Å². The van der Waals surface area contributed by atoms with E-state index in [1.54, 1.807) is 0 Å². The summed E-state index contributed by atoms with van der Waals surface area (Å²) in [6, 6.07) is 0. The van der Waals surface area contributed by atoms with Crippen LogP contribution in [0.3, 0.4) is 0 Å². The van der Waals surface area contributed by atoms with Crippen molar-refractivity contribution in [2.45, 2.75) is 67.1 Å². The molecule has 0 aliphatic carbocycles. The first-order valence-electron chi connectivity index (χ1n) is 6.92. The van der Waals surface area contributed by atoms with Crippen molar-refractivity contribution >= 4 is 5.97 Å². The molecule has 1 rings (SSSR count). The van der Waals surface area contributed by atoms with E-state index in [-0.39, 0.29) is 29.0 Å². The van der Waals surface area contributed by atoms with Gasteiger partial charge in [0.2, 0.25) is 6.29 Å². The quantitative estimate of drug-likeness (QED) is 0.721. The van der Waals surface area contributed by atoms with Crippen molar-refractivity contribution in [3.05, 3.63) is 0 Å². The molecule has 0 radical (unpaired) electrons. The number of hydrogen-bond donors (Lipinski definition) is 0. The largest absolute Gasteiger partial charge is 0.436 e. The maximum absolute atomic E-state index is 12.3. The molecule has 2 atom stereocenters. The highest BCUT2D eigenvalue weighted by atomic mass is 16.7. The van der Waals surface area contributed by atoms with E-state index in [1.807, 2.05) is 0 Å². The minimum atomic E-state index is -0.317. The molecule has 0 amide bonds. The van der Waals surface area contributed by atoms with E-state index in [0.717, 1.165) is 19.3 Å². The molecule has 1 fully saturated rings. The van der Waals surface area contributed by atoms with E-state index in [2.05, 4.69) is 41.5 Å². The number of rotatable bonds is 3. The summed E-state index contributed by atoms with van der Waals surface area (Å²) in [7, 11) is 0. The van der Waals surface area contributed by atoms with Crippen molar-refractivity contribution in [2.24, 2.45) is 16.7 Å². The SMILES string of the molecule is CC(C)(C)CC(C(=O)OC1CCCO1)C(C)(C)C. The number of hydrogen-bond acceptors (Lipinski definition) is 3. The van der Waals surface area contributed by atoms with Crippen LogP contribution in [0.1, 0.15) is 60.8 Å². The van der Waals surface area contributed by atoms with E-state index in [4.69, 9.17) is 9.47 Å². The Hall–Kier alpha value is -0.570. The Morgan fingerprint density at radius 1 is 1.28 bits per heavy atom. The zero-order valence-corrected chi connectivity index (χ0v) is 12.7. The second-order valence-electron chi connectivity index (χ2n) is 7.56. The molecule has 1 aliphatic heterocycles. The minimum absolute atomic E-state index is 0.0804. The summed E-state index contributed by atoms with van der Waals surface area (Å²) >= 11 is 0. The molecule has 3 nitrogen and oxygen atoms in total. The molecule has 0 spiro atoms. The van der Waals surface area contributed by atoms with Crippen LogP contribution < -0.4 is 0 Å². The maximum atomic E-state index is 12.3. The summed E-state index contributed by atoms with van der Waals surface area (Å²) in [4.78, 5) is 12.3. The molecule has 0 aromatic rings. The zero-order chi connectivity index (χ0) is 14.0. The summed E-state index contributed by atoms with van der Waals surface area (Å²) in [5.41, 5.74) is 0.0382. The standard InChI is InChI=1S/C15H28O3/c1-14(2,3)10-11(15(4,5)6)13(16)18-12-8-7-9-17-12/h11-12H,7-10H2,1-6H3. The predicted octanol–water partition coefficient (Wildman–Crippen LogP) is 3.76. The monoisotopic (exact) mass is 256 g/mol. The lowest BCUT2D eigenvalue weighted by atomic mass is 9.72. The van der Waals surface area contributed by atoms with Gasteiger partial charge in [-0.05, 0) is 23.7 Å². The van der Waals surface area contributed by atoms with Gasteiger partial charge in [0.1, 0.15) is 0 Å². The van der Waals surface area contributed by atoms with Gasteiger partial charge >= 0.3 is 5.97 Å². The van der Waals surface area contributed by atoms with Gasteiger partial charge < -0.3 is 9.47 Å². The molecule has 3 heteroatoms. The van der Waals surface area contributed by atoms with E-state index in [1.165, 1.54) is 0 Å². The summed E-state index contributed by atoms with van der Waals surface area (Å²) in [5, 5.41) is 0. The van der Waals surface area contributed by atoms with Gasteiger partial charge in [-0.15, -0.1) is 0 Å². The third-order valence-corrected chi connectivity index (χ3v) is 3.28. The van der Waals surface area contributed by atoms with Crippen LogP contribution in [0.4, 0.5) is 0 Å². The van der Waals surface area contributed by atoms with Crippen molar-refractivity contribution in [3.63, 3.8) is 0 Å². The Bertz CT molecular complexity index is 277. The Kier molecular flexibility index (Phi) is 4.82. The Morgan fingerprint density at radius 3 is 2.28 bits per heavy atom. The number of esters is 1. The molecular formula is C15H28O3. The molecule has 2 unspecified atom stereocenters. The van der Waals surface area contributed by atoms with Crippen LogP contribution in [0, 0.1) is 16.7 Å². The van der Waals surface area contributed by atoms with Crippen LogP contribution in [0.5, 0.6) is 0 Å². The van der Waals surface area contributed by atoms with Crippen molar-refractivity contribution in [3.8, 4) is 0 Å². The molecule has 0 saturated carbocycles. The predicted molar refractivity (Wildman–Crippen MR) is 72.1 cm³/mol. The highest BCUT2D eigenvalue weighted by Gasteiger charge is 2.37. The summed E-state index contributed by atoms with van der Waals surface area (Å²) in [6.45, 7) is 13.5. The molecule has 106 valence electrons. The zero-order valence-electron chi connectivity index (χ0n) is 12.7. The van der Waals surface area contributed by atoms with E-state index in [0.29, 0.717) is 6.61 Å². The van der Waals surface area contributed by atoms with Crippen LogP contribution in [0.25, 0.3) is 0 Å². The molecule has 0 aromatic heterocycles. The van der Waals surface area contributed by atoms with Crippen LogP contribution in [-0.2, 0) is 14.3 Å². The molecule has 1 saturated heterocycles. The topological polar surface area (TPSA) is 35.5 Å². The van der Waals surface area contributed by atoms with Gasteiger partial charge in [-0.2, -0.15) is 0 Å². The molecule has 18 heavy (non-hydrogen) atoms. The van der Waals surface area contributed by atoms with Gasteiger partial charge in [0.05, 0.1) is 12.5 Å². The van der Waals surface area contributed by atoms with Crippen LogP contribution in [0.15, 0.2) is 0 Å². The summed E-state index contributed by atoms with van der Waals surface area (Å²) in [6.07, 6.45) is 2.33. The third-order valence-electron chi connectivity index (χ3n) is 3.28. The van der Waals surface area contributed by atoms with Crippen molar-refractivity contribution in [2.75, 3.05) is 6.61 Å². The lowest BCUT2D eigenvalue weighted by Gasteiger charge is -2.34. The maximum Gasteiger partial charge on any atom is 0.311 e. The fourth-order valence-corrected chi connectivity index (χ4v) is 2.21. The van der Waals surface area contributed by atoms with Crippen molar-refractivity contribution in [1.29, 1.82) is 0 Å². The van der Waals surface area contributed by atoms with Gasteiger partial charge in [0.25, 0.3) is 0 Å². The Morgan fingerprint density at radius 2 is 1.89 bits per heavy atom. The second-order valence-corrected chi connectivity index (χ2v) is 7.56. The molecule has 1 heterocycles. The van der Waals surface area contributed by atoms with Crippen LogP contribution in [-0.4, -0.2) is 18.9 Å². The molecular weight excluding hydrogens is 228 g/mol. The van der Waals surface area contributed by atoms with Gasteiger partial charge in [-0.1, -0.05) is 41.5 Å². The molecule has 0 bridgehead atoms. The Labute approximate surface area is 111 Å². The summed E-state index contributed by atoms with van der Waals surface area (Å²) < 4.78 is 10.9. The average molecular weight is 256 g/mol. The first kappa shape index (κ1) is 15.5. The van der Waals surface area contributed by atoms with Gasteiger partial charge in [0.15, 0.2) is 0 Å². The number of carbonyl (C=O) groups excluding carboxylic acids is 1. The van der Waals surface area contributed by atoms with E-state index in [9.17, 15) is 4.79 Å². The van der Waals surface area contributed by atoms with E-state index >= 15 is 0 Å². The van der Waals surface area contributed by atoms with Gasteiger partial charge in [0, 0.05) is 6.42 Å². The fraction of sp³-hybridized carbons (Fsp3) is 0.933. The number of ether oxygens (including phenoxy) is 2. The minimum Gasteiger partial charge on any atom is -0.436 e. The van der Waals surface area contributed by atoms with Crippen molar-refractivity contribution in [1.82, 2.24) is 0 Å². The second kappa shape index (κ2) is 5.60. The fourth-order valence-electron chi connectivity index (χ4n) is 2.21. The first-order chi connectivity index (χ1) is 8.09. The highest BCUT2D eigenvalue weighted by molar-refractivity contribution is 5.73. The van der Waals surface area contributed by atoms with Crippen LogP contribution in [0.2, 0.25) is 0 Å². The van der Waals surface area contributed by atoms with Crippen molar-refractivity contribution < 1.29 is 14.3 Å². The highest BCUT2D eigenvalue weighted by Crippen LogP contribution is 2.37. The van der Waals surface area contributed by atoms with E-state index < -0.39 is 0 Å². The van der Waals surface area contributed by atoms with Crippen LogP contribution >= 0.6 is 0 Å². The smallest absolute Gasteiger partial charge is 0.311 e. The Balaban J connectivity index is 2.67. The van der Waals surface area contributed by atoms with Gasteiger partial charge in [-0.25, -0.2) is 0 Å². The first-order valence-corrected chi connectivity index (χ1v) is 6.92. The lowest BCUT2D eigenvalue weighted by molar-refractivity contribution is -0.179. The number of carbonyl (C=O) groups is 1. The molecule has 0 N–H and O–H groups in total. The normalized spacial score (nSPS) is 22.9. The lowest BCUT2D eigenvalue weighted by Crippen LogP contribution is -2.35. The molecule has 1 aliphatic rings. The molecule has 0 aromatic carbocycles.